The molecule has 0 saturated heterocycles. The number of hydrogen-bond acceptors (Lipinski definition) is 8. The van der Waals surface area contributed by atoms with Crippen molar-refractivity contribution in [1.82, 2.24) is 14.0 Å². The van der Waals surface area contributed by atoms with Crippen LogP contribution in [0.3, 0.4) is 0 Å². The zero-order valence-electron chi connectivity index (χ0n) is 25.0. The highest BCUT2D eigenvalue weighted by atomic mass is 16.5. The van der Waals surface area contributed by atoms with E-state index in [1.807, 2.05) is 30.3 Å². The highest BCUT2D eigenvalue weighted by molar-refractivity contribution is 6.30. The molecular weight excluding hydrogens is 562 g/mol. The second kappa shape index (κ2) is 12.1. The number of amides is 3. The molecule has 0 N–H and O–H groups in total. The molecule has 0 bridgehead atoms. The third-order valence-corrected chi connectivity index (χ3v) is 9.14. The van der Waals surface area contributed by atoms with Gasteiger partial charge in [0.1, 0.15) is 5.69 Å². The third kappa shape index (κ3) is 4.99. The van der Waals surface area contributed by atoms with Gasteiger partial charge in [-0.05, 0) is 44.2 Å². The van der Waals surface area contributed by atoms with Gasteiger partial charge in [-0.25, -0.2) is 9.59 Å². The summed E-state index contributed by atoms with van der Waals surface area (Å²) in [5, 5.41) is 8.97. The first kappa shape index (κ1) is 29.4. The zero-order valence-corrected chi connectivity index (χ0v) is 25.0. The molecule has 3 aromatic rings. The molecule has 6 rings (SSSR count). The number of ether oxygens (including phenoxy) is 1. The molecule has 0 unspecified atom stereocenters. The van der Waals surface area contributed by atoms with Crippen LogP contribution in [0.1, 0.15) is 103 Å². The Hall–Kier alpha value is -4.67. The Bertz CT molecular complexity index is 1780. The van der Waals surface area contributed by atoms with E-state index in [4.69, 9.17) is 0 Å². The van der Waals surface area contributed by atoms with Crippen LogP contribution in [0.4, 0.5) is 16.2 Å². The van der Waals surface area contributed by atoms with E-state index in [0.717, 1.165) is 71.3 Å². The van der Waals surface area contributed by atoms with Crippen LogP contribution in [-0.2, 0) is 4.74 Å². The molecule has 0 atom stereocenters. The van der Waals surface area contributed by atoms with Gasteiger partial charge in [0.15, 0.2) is 5.69 Å². The van der Waals surface area contributed by atoms with E-state index in [-0.39, 0.29) is 40.3 Å². The highest BCUT2D eigenvalue weighted by Gasteiger charge is 2.43. The molecule has 2 saturated carbocycles. The summed E-state index contributed by atoms with van der Waals surface area (Å²) in [6.07, 6.45) is 8.10. The largest absolute Gasteiger partial charge is 0.452 e. The molecule has 11 heteroatoms. The van der Waals surface area contributed by atoms with Crippen molar-refractivity contribution in [2.24, 2.45) is 10.2 Å². The number of aromatic nitrogens is 2. The van der Waals surface area contributed by atoms with Crippen molar-refractivity contribution in [3.63, 3.8) is 0 Å². The van der Waals surface area contributed by atoms with Crippen LogP contribution in [0.15, 0.2) is 62.3 Å². The molecule has 1 aromatic heterocycles. The molecule has 0 radical (unpaired) electrons. The van der Waals surface area contributed by atoms with Crippen LogP contribution in [0.5, 0.6) is 0 Å². The monoisotopic (exact) mass is 597 g/mol. The van der Waals surface area contributed by atoms with Crippen molar-refractivity contribution >= 4 is 29.3 Å². The Kier molecular flexibility index (Phi) is 8.11. The van der Waals surface area contributed by atoms with Gasteiger partial charge < -0.3 is 4.74 Å². The Labute approximate surface area is 254 Å². The predicted octanol–water partition coefficient (Wildman–Crippen LogP) is 6.77. The van der Waals surface area contributed by atoms with Gasteiger partial charge in [0.25, 0.3) is 17.4 Å². The van der Waals surface area contributed by atoms with Gasteiger partial charge in [-0.2, -0.15) is 4.90 Å². The summed E-state index contributed by atoms with van der Waals surface area (Å²) in [4.78, 5) is 67.4. The number of benzene rings is 2. The lowest BCUT2D eigenvalue weighted by Gasteiger charge is -2.29. The minimum atomic E-state index is -1.11. The van der Waals surface area contributed by atoms with Gasteiger partial charge in [0.05, 0.1) is 23.9 Å². The van der Waals surface area contributed by atoms with Crippen LogP contribution < -0.4 is 11.2 Å². The standard InChI is InChI=1S/C33H35N5O6/c1-20-27(31(41)37(23-16-10-5-11-17-23)32(42)36(20)22-14-8-4-9-15-22)34-35-28-24(21-12-6-3-7-13-21)18-19-25-26(28)30(40)38(29(25)39)33(43)44-2/h3,6-7,12-13,18-19,22-23H,4-5,8-11,14-17H2,1-2H3. The topological polar surface area (TPSA) is 132 Å². The van der Waals surface area contributed by atoms with Crippen LogP contribution in [0.25, 0.3) is 11.1 Å². The summed E-state index contributed by atoms with van der Waals surface area (Å²) < 4.78 is 7.79. The summed E-state index contributed by atoms with van der Waals surface area (Å²) in [6.45, 7) is 1.72. The zero-order chi connectivity index (χ0) is 31.0. The second-order valence-corrected chi connectivity index (χ2v) is 11.7. The maximum absolute atomic E-state index is 14.1. The Morgan fingerprint density at radius 1 is 0.727 bits per heavy atom. The fraction of sp³-hybridized carbons (Fsp3) is 0.424. The van der Waals surface area contributed by atoms with Crippen LogP contribution in [0.2, 0.25) is 0 Å². The first-order chi connectivity index (χ1) is 21.3. The summed E-state index contributed by atoms with van der Waals surface area (Å²) in [7, 11) is 1.09. The molecule has 228 valence electrons. The molecule has 2 aromatic carbocycles. The predicted molar refractivity (Wildman–Crippen MR) is 163 cm³/mol. The molecular formula is C33H35N5O6. The third-order valence-electron chi connectivity index (χ3n) is 9.14. The maximum atomic E-state index is 14.1. The fourth-order valence-electron chi connectivity index (χ4n) is 6.90. The number of azo groups is 1. The molecule has 1 aliphatic heterocycles. The number of imide groups is 3. The van der Waals surface area contributed by atoms with Gasteiger partial charge in [-0.3, -0.25) is 23.5 Å². The lowest BCUT2D eigenvalue weighted by molar-refractivity contribution is 0.0622. The van der Waals surface area contributed by atoms with Crippen LogP contribution in [0, 0.1) is 6.92 Å². The summed E-state index contributed by atoms with van der Waals surface area (Å²) in [5.74, 6) is -1.71. The van der Waals surface area contributed by atoms with Crippen molar-refractivity contribution in [3.05, 3.63) is 80.1 Å². The van der Waals surface area contributed by atoms with Gasteiger partial charge in [-0.15, -0.1) is 10.2 Å². The lowest BCUT2D eigenvalue weighted by Crippen LogP contribution is -2.45. The van der Waals surface area contributed by atoms with Gasteiger partial charge >= 0.3 is 11.8 Å². The summed E-state index contributed by atoms with van der Waals surface area (Å²) in [6, 6.07) is 12.0. The van der Waals surface area contributed by atoms with Crippen molar-refractivity contribution in [1.29, 1.82) is 0 Å². The molecule has 0 spiro atoms. The Morgan fingerprint density at radius 2 is 1.30 bits per heavy atom. The normalized spacial score (nSPS) is 17.8. The molecule has 2 aliphatic carbocycles. The van der Waals surface area contributed by atoms with E-state index in [1.54, 1.807) is 17.6 Å². The minimum absolute atomic E-state index is 0.0162. The van der Waals surface area contributed by atoms with Crippen LogP contribution in [-0.4, -0.2) is 39.1 Å². The number of fused-ring (bicyclic) bond motifs is 1. The van der Waals surface area contributed by atoms with Crippen LogP contribution >= 0.6 is 0 Å². The van der Waals surface area contributed by atoms with Gasteiger partial charge in [-0.1, -0.05) is 74.9 Å². The van der Waals surface area contributed by atoms with E-state index in [1.165, 1.54) is 10.6 Å². The Balaban J connectivity index is 1.56. The van der Waals surface area contributed by atoms with Crippen molar-refractivity contribution < 1.29 is 19.1 Å². The quantitative estimate of drug-likeness (QED) is 0.235. The molecule has 3 aliphatic rings. The van der Waals surface area contributed by atoms with E-state index >= 15 is 0 Å². The smallest absolute Gasteiger partial charge is 0.423 e. The minimum Gasteiger partial charge on any atom is -0.452 e. The Morgan fingerprint density at radius 3 is 1.91 bits per heavy atom. The fourth-order valence-corrected chi connectivity index (χ4v) is 6.90. The summed E-state index contributed by atoms with van der Waals surface area (Å²) in [5.41, 5.74) is 0.768. The molecule has 2 fully saturated rings. The lowest BCUT2D eigenvalue weighted by atomic mass is 9.94. The van der Waals surface area contributed by atoms with Crippen molar-refractivity contribution in [3.8, 4) is 11.1 Å². The number of hydrogen-bond donors (Lipinski definition) is 0. The number of methoxy groups -OCH3 is 1. The first-order valence-electron chi connectivity index (χ1n) is 15.3. The second-order valence-electron chi connectivity index (χ2n) is 11.7. The number of carbonyl (C=O) groups is 3. The number of nitrogens with zero attached hydrogens (tertiary/aromatic N) is 5. The average molecular weight is 598 g/mol. The molecule has 11 nitrogen and oxygen atoms in total. The van der Waals surface area contributed by atoms with E-state index in [0.29, 0.717) is 21.7 Å². The number of rotatable bonds is 5. The first-order valence-corrected chi connectivity index (χ1v) is 15.3. The van der Waals surface area contributed by atoms with Gasteiger partial charge in [0, 0.05) is 17.6 Å². The molecule has 3 amide bonds. The van der Waals surface area contributed by atoms with Crippen molar-refractivity contribution in [2.75, 3.05) is 7.11 Å². The van der Waals surface area contributed by atoms with E-state index in [9.17, 15) is 24.0 Å². The van der Waals surface area contributed by atoms with Gasteiger partial charge in [0.2, 0.25) is 0 Å². The number of carbonyl (C=O) groups excluding carboxylic acids is 3. The maximum Gasteiger partial charge on any atom is 0.423 e. The van der Waals surface area contributed by atoms with E-state index in [2.05, 4.69) is 15.0 Å². The highest BCUT2D eigenvalue weighted by Crippen LogP contribution is 2.41. The molecule has 2 heterocycles. The SMILES string of the molecule is COC(=O)N1C(=O)c2ccc(-c3ccccc3)c(N=Nc3c(C)n(C4CCCCC4)c(=O)n(C4CCCCC4)c3=O)c2C1=O. The summed E-state index contributed by atoms with van der Waals surface area (Å²) >= 11 is 0. The van der Waals surface area contributed by atoms with E-state index < -0.39 is 23.5 Å². The van der Waals surface area contributed by atoms with Crippen molar-refractivity contribution in [2.45, 2.75) is 83.2 Å². The molecule has 44 heavy (non-hydrogen) atoms. The average Bonchev–Trinajstić information content (AvgIpc) is 3.31.